The molecule has 0 aliphatic rings. The highest BCUT2D eigenvalue weighted by atomic mass is 79.9. The normalized spacial score (nSPS) is 12.3. The van der Waals surface area contributed by atoms with Crippen LogP contribution in [0.2, 0.25) is 0 Å². The molecule has 0 heterocycles. The number of hydrogen-bond donors (Lipinski definition) is 1. The van der Waals surface area contributed by atoms with Crippen LogP contribution in [0, 0.1) is 0 Å². The van der Waals surface area contributed by atoms with Gasteiger partial charge in [-0.2, -0.15) is 17.4 Å². The minimum Gasteiger partial charge on any atom is -0.200 e. The zero-order valence-electron chi connectivity index (χ0n) is 10.9. The van der Waals surface area contributed by atoms with Gasteiger partial charge in [-0.25, -0.2) is 0 Å². The molecular weight excluding hydrogens is 316 g/mol. The molecule has 1 aromatic carbocycles. The first-order valence-corrected chi connectivity index (χ1v) is 8.02. The van der Waals surface area contributed by atoms with Crippen molar-refractivity contribution in [1.82, 2.24) is 9.03 Å². The van der Waals surface area contributed by atoms with E-state index in [1.807, 2.05) is 24.3 Å². The van der Waals surface area contributed by atoms with Crippen molar-refractivity contribution >= 4 is 26.1 Å². The SMILES string of the molecule is CC(C)NS(=O)(=O)N(C)CCc1ccc(Br)cc1. The van der Waals surface area contributed by atoms with Crippen LogP contribution in [-0.4, -0.2) is 32.4 Å². The van der Waals surface area contributed by atoms with Gasteiger partial charge in [-0.3, -0.25) is 0 Å². The van der Waals surface area contributed by atoms with Gasteiger partial charge in [0, 0.05) is 24.1 Å². The summed E-state index contributed by atoms with van der Waals surface area (Å²) in [7, 11) is -1.78. The Morgan fingerprint density at radius 3 is 2.33 bits per heavy atom. The first-order chi connectivity index (χ1) is 8.31. The van der Waals surface area contributed by atoms with Gasteiger partial charge in [0.2, 0.25) is 0 Å². The average Bonchev–Trinajstić information content (AvgIpc) is 2.26. The van der Waals surface area contributed by atoms with Crippen molar-refractivity contribution in [3.8, 4) is 0 Å². The molecule has 18 heavy (non-hydrogen) atoms. The molecule has 0 atom stereocenters. The fraction of sp³-hybridized carbons (Fsp3) is 0.500. The first kappa shape index (κ1) is 15.6. The molecule has 4 nitrogen and oxygen atoms in total. The monoisotopic (exact) mass is 334 g/mol. The Morgan fingerprint density at radius 2 is 1.83 bits per heavy atom. The second-order valence-corrected chi connectivity index (χ2v) is 7.20. The molecule has 0 radical (unpaired) electrons. The van der Waals surface area contributed by atoms with E-state index in [0.717, 1.165) is 10.0 Å². The molecule has 1 N–H and O–H groups in total. The zero-order valence-corrected chi connectivity index (χ0v) is 13.3. The molecule has 0 aliphatic carbocycles. The van der Waals surface area contributed by atoms with Crippen LogP contribution in [0.4, 0.5) is 0 Å². The molecule has 0 amide bonds. The van der Waals surface area contributed by atoms with Crippen molar-refractivity contribution in [2.45, 2.75) is 26.3 Å². The third-order valence-corrected chi connectivity index (χ3v) is 4.72. The van der Waals surface area contributed by atoms with Gasteiger partial charge < -0.3 is 0 Å². The van der Waals surface area contributed by atoms with Gasteiger partial charge in [-0.1, -0.05) is 28.1 Å². The number of nitrogens with one attached hydrogen (secondary N) is 1. The lowest BCUT2D eigenvalue weighted by molar-refractivity contribution is 0.455. The topological polar surface area (TPSA) is 49.4 Å². The van der Waals surface area contributed by atoms with E-state index in [0.29, 0.717) is 13.0 Å². The lowest BCUT2D eigenvalue weighted by Crippen LogP contribution is -2.42. The van der Waals surface area contributed by atoms with E-state index in [9.17, 15) is 8.42 Å². The molecule has 0 aliphatic heterocycles. The molecular formula is C12H19BrN2O2S. The molecule has 0 saturated heterocycles. The standard InChI is InChI=1S/C12H19BrN2O2S/c1-10(2)14-18(16,17)15(3)9-8-11-4-6-12(13)7-5-11/h4-7,10,14H,8-9H2,1-3H3. The molecule has 0 bridgehead atoms. The third-order valence-electron chi connectivity index (χ3n) is 2.42. The Kier molecular flexibility index (Phi) is 5.78. The summed E-state index contributed by atoms with van der Waals surface area (Å²) in [5.74, 6) is 0. The minimum atomic E-state index is -3.36. The maximum Gasteiger partial charge on any atom is 0.279 e. The van der Waals surface area contributed by atoms with E-state index in [4.69, 9.17) is 0 Å². The van der Waals surface area contributed by atoms with Crippen LogP contribution in [0.5, 0.6) is 0 Å². The van der Waals surface area contributed by atoms with Gasteiger partial charge >= 0.3 is 0 Å². The lowest BCUT2D eigenvalue weighted by atomic mass is 10.1. The predicted octanol–water partition coefficient (Wildman–Crippen LogP) is 2.17. The molecule has 0 fully saturated rings. The summed E-state index contributed by atoms with van der Waals surface area (Å²) in [4.78, 5) is 0. The van der Waals surface area contributed by atoms with Gasteiger partial charge in [0.15, 0.2) is 0 Å². The van der Waals surface area contributed by atoms with Crippen LogP contribution >= 0.6 is 15.9 Å². The highest BCUT2D eigenvalue weighted by Gasteiger charge is 2.17. The van der Waals surface area contributed by atoms with Crippen LogP contribution in [0.1, 0.15) is 19.4 Å². The summed E-state index contributed by atoms with van der Waals surface area (Å²) in [6.07, 6.45) is 0.697. The van der Waals surface area contributed by atoms with Crippen LogP contribution in [0.15, 0.2) is 28.7 Å². The maximum atomic E-state index is 11.8. The molecule has 0 spiro atoms. The molecule has 0 saturated carbocycles. The van der Waals surface area contributed by atoms with E-state index in [1.54, 1.807) is 20.9 Å². The summed E-state index contributed by atoms with van der Waals surface area (Å²) in [6, 6.07) is 7.79. The van der Waals surface area contributed by atoms with E-state index in [-0.39, 0.29) is 6.04 Å². The van der Waals surface area contributed by atoms with E-state index in [1.165, 1.54) is 4.31 Å². The molecule has 1 aromatic rings. The Labute approximate surface area is 118 Å². The Hall–Kier alpha value is -0.430. The largest absolute Gasteiger partial charge is 0.279 e. The molecule has 0 aromatic heterocycles. The Morgan fingerprint density at radius 1 is 1.28 bits per heavy atom. The van der Waals surface area contributed by atoms with E-state index in [2.05, 4.69) is 20.7 Å². The highest BCUT2D eigenvalue weighted by molar-refractivity contribution is 9.10. The maximum absolute atomic E-state index is 11.8. The molecule has 0 unspecified atom stereocenters. The van der Waals surface area contributed by atoms with Gasteiger partial charge in [0.1, 0.15) is 0 Å². The van der Waals surface area contributed by atoms with Crippen LogP contribution in [0.25, 0.3) is 0 Å². The Balaban J connectivity index is 2.55. The summed E-state index contributed by atoms with van der Waals surface area (Å²) in [5, 5.41) is 0. The molecule has 102 valence electrons. The van der Waals surface area contributed by atoms with Crippen LogP contribution < -0.4 is 4.72 Å². The minimum absolute atomic E-state index is 0.0925. The average molecular weight is 335 g/mol. The smallest absolute Gasteiger partial charge is 0.200 e. The van der Waals surface area contributed by atoms with Gasteiger partial charge in [0.05, 0.1) is 0 Å². The first-order valence-electron chi connectivity index (χ1n) is 5.79. The number of halogens is 1. The number of benzene rings is 1. The highest BCUT2D eigenvalue weighted by Crippen LogP contribution is 2.11. The van der Waals surface area contributed by atoms with Crippen molar-refractivity contribution in [3.05, 3.63) is 34.3 Å². The zero-order chi connectivity index (χ0) is 13.8. The van der Waals surface area contributed by atoms with Crippen LogP contribution in [0.3, 0.4) is 0 Å². The lowest BCUT2D eigenvalue weighted by Gasteiger charge is -2.19. The number of hydrogen-bond acceptors (Lipinski definition) is 2. The third kappa shape index (κ3) is 5.06. The van der Waals surface area contributed by atoms with Crippen molar-refractivity contribution in [2.24, 2.45) is 0 Å². The number of nitrogens with zero attached hydrogens (tertiary/aromatic N) is 1. The second kappa shape index (κ2) is 6.65. The number of rotatable bonds is 6. The van der Waals surface area contributed by atoms with Crippen molar-refractivity contribution in [3.63, 3.8) is 0 Å². The fourth-order valence-corrected chi connectivity index (χ4v) is 2.82. The predicted molar refractivity (Wildman–Crippen MR) is 77.7 cm³/mol. The second-order valence-electron chi connectivity index (χ2n) is 4.48. The summed E-state index contributed by atoms with van der Waals surface area (Å²) in [6.45, 7) is 4.07. The van der Waals surface area contributed by atoms with Crippen LogP contribution in [-0.2, 0) is 16.6 Å². The van der Waals surface area contributed by atoms with E-state index >= 15 is 0 Å². The van der Waals surface area contributed by atoms with Gasteiger partial charge in [0.25, 0.3) is 10.2 Å². The van der Waals surface area contributed by atoms with E-state index < -0.39 is 10.2 Å². The summed E-state index contributed by atoms with van der Waals surface area (Å²) >= 11 is 3.37. The fourth-order valence-electron chi connectivity index (χ4n) is 1.45. The number of likely N-dealkylation sites (N-methyl/N-ethyl adjacent to an activating group) is 1. The van der Waals surface area contributed by atoms with Gasteiger partial charge in [-0.05, 0) is 38.0 Å². The van der Waals surface area contributed by atoms with Crippen molar-refractivity contribution < 1.29 is 8.42 Å². The Bertz CT molecular complexity index is 471. The van der Waals surface area contributed by atoms with Crippen molar-refractivity contribution in [2.75, 3.05) is 13.6 Å². The molecule has 6 heteroatoms. The summed E-state index contributed by atoms with van der Waals surface area (Å²) in [5.41, 5.74) is 1.12. The quantitative estimate of drug-likeness (QED) is 0.866. The van der Waals surface area contributed by atoms with Gasteiger partial charge in [-0.15, -0.1) is 0 Å². The summed E-state index contributed by atoms with van der Waals surface area (Å²) < 4.78 is 28.6. The molecule has 1 rings (SSSR count). The van der Waals surface area contributed by atoms with Crippen molar-refractivity contribution in [1.29, 1.82) is 0 Å².